The molecule has 1 atom stereocenters. The van der Waals surface area contributed by atoms with Crippen LogP contribution in [-0.2, 0) is 11.3 Å². The van der Waals surface area contributed by atoms with Crippen molar-refractivity contribution in [3.8, 4) is 5.75 Å². The van der Waals surface area contributed by atoms with E-state index in [-0.39, 0.29) is 5.60 Å². The Hall–Kier alpha value is -1.98. The highest BCUT2D eigenvalue weighted by Gasteiger charge is 2.39. The smallest absolute Gasteiger partial charge is 0.122 e. The molecule has 0 saturated carbocycles. The van der Waals surface area contributed by atoms with Crippen LogP contribution >= 0.6 is 0 Å². The Labute approximate surface area is 137 Å². The van der Waals surface area contributed by atoms with Crippen LogP contribution in [0, 0.1) is 6.92 Å². The Morgan fingerprint density at radius 1 is 1.26 bits per heavy atom. The van der Waals surface area contributed by atoms with Gasteiger partial charge in [-0.3, -0.25) is 14.9 Å². The maximum absolute atomic E-state index is 6.03. The monoisotopic (exact) mass is 313 g/mol. The van der Waals surface area contributed by atoms with Gasteiger partial charge >= 0.3 is 0 Å². The van der Waals surface area contributed by atoms with Gasteiger partial charge in [-0.1, -0.05) is 18.2 Å². The zero-order chi connectivity index (χ0) is 16.1. The normalized spacial score (nSPS) is 21.5. The number of nitrogens with zero attached hydrogens (tertiary/aromatic N) is 3. The molecule has 2 heterocycles. The molecule has 23 heavy (non-hydrogen) atoms. The van der Waals surface area contributed by atoms with Gasteiger partial charge in [-0.2, -0.15) is 0 Å². The molecule has 0 aliphatic carbocycles. The van der Waals surface area contributed by atoms with E-state index >= 15 is 0 Å². The van der Waals surface area contributed by atoms with Crippen LogP contribution in [-0.4, -0.2) is 47.3 Å². The van der Waals surface area contributed by atoms with Crippen LogP contribution in [0.4, 0.5) is 0 Å². The summed E-state index contributed by atoms with van der Waals surface area (Å²) >= 11 is 0. The van der Waals surface area contributed by atoms with Crippen molar-refractivity contribution in [2.45, 2.75) is 25.5 Å². The Morgan fingerprint density at radius 2 is 2.13 bits per heavy atom. The largest absolute Gasteiger partial charge is 0.490 e. The quantitative estimate of drug-likeness (QED) is 0.820. The van der Waals surface area contributed by atoms with Gasteiger partial charge in [-0.25, -0.2) is 0 Å². The topological polar surface area (TPSA) is 47.5 Å². The molecule has 3 rings (SSSR count). The average Bonchev–Trinajstić information content (AvgIpc) is 2.99. The van der Waals surface area contributed by atoms with Crippen LogP contribution < -0.4 is 4.74 Å². The summed E-state index contributed by atoms with van der Waals surface area (Å²) in [6, 6.07) is 8.08. The molecule has 1 fully saturated rings. The number of likely N-dealkylation sites (tertiary alicyclic amines) is 1. The summed E-state index contributed by atoms with van der Waals surface area (Å²) in [6.07, 6.45) is 6.20. The lowest BCUT2D eigenvalue weighted by Gasteiger charge is -2.28. The van der Waals surface area contributed by atoms with E-state index in [9.17, 15) is 0 Å². The van der Waals surface area contributed by atoms with Gasteiger partial charge in [0.05, 0.1) is 5.69 Å². The van der Waals surface area contributed by atoms with Crippen molar-refractivity contribution in [3.05, 3.63) is 54.1 Å². The molecule has 1 aliphatic heterocycles. The summed E-state index contributed by atoms with van der Waals surface area (Å²) in [6.45, 7) is 5.23. The average molecular weight is 313 g/mol. The molecular weight excluding hydrogens is 290 g/mol. The number of aryl methyl sites for hydroxylation is 1. The van der Waals surface area contributed by atoms with Crippen molar-refractivity contribution < 1.29 is 9.47 Å². The number of rotatable bonds is 6. The number of hydrogen-bond donors (Lipinski definition) is 0. The third-order valence-electron chi connectivity index (χ3n) is 4.41. The molecule has 122 valence electrons. The number of hydrogen-bond acceptors (Lipinski definition) is 5. The molecule has 1 aromatic heterocycles. The van der Waals surface area contributed by atoms with Crippen molar-refractivity contribution >= 4 is 0 Å². The summed E-state index contributed by atoms with van der Waals surface area (Å²) in [7, 11) is 1.77. The van der Waals surface area contributed by atoms with Crippen LogP contribution in [0.25, 0.3) is 0 Å². The lowest BCUT2D eigenvalue weighted by Crippen LogP contribution is -2.41. The maximum Gasteiger partial charge on any atom is 0.122 e. The minimum Gasteiger partial charge on any atom is -0.490 e. The Kier molecular flexibility index (Phi) is 4.88. The summed E-state index contributed by atoms with van der Waals surface area (Å²) in [5, 5.41) is 0. The molecule has 1 aliphatic rings. The highest BCUT2D eigenvalue weighted by molar-refractivity contribution is 5.31. The van der Waals surface area contributed by atoms with E-state index < -0.39 is 0 Å². The number of benzene rings is 1. The minimum absolute atomic E-state index is 0.259. The van der Waals surface area contributed by atoms with Crippen LogP contribution in [0.15, 0.2) is 42.9 Å². The molecule has 0 bridgehead atoms. The van der Waals surface area contributed by atoms with Crippen LogP contribution in [0.2, 0.25) is 0 Å². The van der Waals surface area contributed by atoms with Gasteiger partial charge in [0.1, 0.15) is 18.0 Å². The van der Waals surface area contributed by atoms with E-state index in [1.807, 2.05) is 24.4 Å². The summed E-state index contributed by atoms with van der Waals surface area (Å²) in [4.78, 5) is 10.8. The fourth-order valence-electron chi connectivity index (χ4n) is 2.97. The van der Waals surface area contributed by atoms with E-state index in [1.165, 1.54) is 0 Å². The molecule has 0 radical (unpaired) electrons. The standard InChI is InChI=1S/C18H23N3O2/c1-15-5-3-4-6-17(15)23-14-18(22-2)7-10-21(13-18)12-16-11-19-8-9-20-16/h3-6,8-9,11H,7,10,12-14H2,1-2H3/t18-/m1/s1. The lowest BCUT2D eigenvalue weighted by atomic mass is 10.0. The second-order valence-corrected chi connectivity index (χ2v) is 6.10. The van der Waals surface area contributed by atoms with E-state index in [4.69, 9.17) is 9.47 Å². The molecule has 0 unspecified atom stereocenters. The van der Waals surface area contributed by atoms with Crippen molar-refractivity contribution in [1.29, 1.82) is 0 Å². The van der Waals surface area contributed by atoms with E-state index in [0.29, 0.717) is 6.61 Å². The SMILES string of the molecule is CO[C@]1(COc2ccccc2C)CCN(Cc2cnccn2)C1. The number of methoxy groups -OCH3 is 1. The van der Waals surface area contributed by atoms with Gasteiger partial charge in [0.15, 0.2) is 0 Å². The second kappa shape index (κ2) is 7.06. The maximum atomic E-state index is 6.03. The summed E-state index contributed by atoms with van der Waals surface area (Å²) in [5.74, 6) is 0.927. The fraction of sp³-hybridized carbons (Fsp3) is 0.444. The van der Waals surface area contributed by atoms with E-state index in [2.05, 4.69) is 27.9 Å². The first-order chi connectivity index (χ1) is 11.2. The van der Waals surface area contributed by atoms with Crippen molar-refractivity contribution in [2.24, 2.45) is 0 Å². The molecule has 2 aromatic rings. The van der Waals surface area contributed by atoms with E-state index in [1.54, 1.807) is 19.5 Å². The number of aromatic nitrogens is 2. The molecule has 5 nitrogen and oxygen atoms in total. The van der Waals surface area contributed by atoms with Crippen LogP contribution in [0.5, 0.6) is 5.75 Å². The molecule has 0 amide bonds. The first-order valence-electron chi connectivity index (χ1n) is 7.92. The van der Waals surface area contributed by atoms with Gasteiger partial charge in [0.2, 0.25) is 0 Å². The van der Waals surface area contributed by atoms with Crippen molar-refractivity contribution in [3.63, 3.8) is 0 Å². The second-order valence-electron chi connectivity index (χ2n) is 6.10. The van der Waals surface area contributed by atoms with Gasteiger partial charge in [-0.05, 0) is 25.0 Å². The fourth-order valence-corrected chi connectivity index (χ4v) is 2.97. The molecular formula is C18H23N3O2. The first kappa shape index (κ1) is 15.9. The first-order valence-corrected chi connectivity index (χ1v) is 7.92. The summed E-state index contributed by atoms with van der Waals surface area (Å²) in [5.41, 5.74) is 1.87. The predicted molar refractivity (Wildman–Crippen MR) is 88.3 cm³/mol. The molecule has 0 N–H and O–H groups in total. The zero-order valence-electron chi connectivity index (χ0n) is 13.7. The predicted octanol–water partition coefficient (Wildman–Crippen LogP) is 2.45. The van der Waals surface area contributed by atoms with Gasteiger partial charge in [-0.15, -0.1) is 0 Å². The lowest BCUT2D eigenvalue weighted by molar-refractivity contribution is -0.0361. The Morgan fingerprint density at radius 3 is 2.87 bits per heavy atom. The minimum atomic E-state index is -0.259. The van der Waals surface area contributed by atoms with Crippen LogP contribution in [0.1, 0.15) is 17.7 Å². The number of para-hydroxylation sites is 1. The van der Waals surface area contributed by atoms with Gasteiger partial charge < -0.3 is 9.47 Å². The molecule has 1 saturated heterocycles. The zero-order valence-corrected chi connectivity index (χ0v) is 13.7. The van der Waals surface area contributed by atoms with Crippen molar-refractivity contribution in [1.82, 2.24) is 14.9 Å². The number of ether oxygens (including phenoxy) is 2. The van der Waals surface area contributed by atoms with Gasteiger partial charge in [0, 0.05) is 45.3 Å². The summed E-state index contributed by atoms with van der Waals surface area (Å²) < 4.78 is 11.9. The van der Waals surface area contributed by atoms with Crippen molar-refractivity contribution in [2.75, 3.05) is 26.8 Å². The highest BCUT2D eigenvalue weighted by Crippen LogP contribution is 2.28. The Bertz CT molecular complexity index is 635. The van der Waals surface area contributed by atoms with Crippen LogP contribution in [0.3, 0.4) is 0 Å². The Balaban J connectivity index is 1.60. The third-order valence-corrected chi connectivity index (χ3v) is 4.41. The van der Waals surface area contributed by atoms with Gasteiger partial charge in [0.25, 0.3) is 0 Å². The third kappa shape index (κ3) is 3.86. The molecule has 0 spiro atoms. The van der Waals surface area contributed by atoms with E-state index in [0.717, 1.165) is 43.1 Å². The molecule has 5 heteroatoms. The highest BCUT2D eigenvalue weighted by atomic mass is 16.5. The molecule has 1 aromatic carbocycles.